The minimum absolute atomic E-state index is 0.611. The van der Waals surface area contributed by atoms with Gasteiger partial charge in [0.2, 0.25) is 11.6 Å². The second kappa shape index (κ2) is 2.51. The molecule has 1 aromatic rings. The molecule has 0 bridgehead atoms. The van der Waals surface area contributed by atoms with Gasteiger partial charge in [-0.1, -0.05) is 6.07 Å². The van der Waals surface area contributed by atoms with E-state index in [0.717, 1.165) is 12.1 Å². The molecule has 0 heterocycles. The maximum Gasteiger partial charge on any atom is 0.211 e. The maximum absolute atomic E-state index is 12.4. The lowest BCUT2D eigenvalue weighted by Gasteiger charge is -1.96. The smallest absolute Gasteiger partial charge is 0.211 e. The normalized spacial score (nSPS) is 9.40. The summed E-state index contributed by atoms with van der Waals surface area (Å²) in [5.41, 5.74) is 0. The highest BCUT2D eigenvalue weighted by Gasteiger charge is 2.07. The van der Waals surface area contributed by atoms with Gasteiger partial charge < -0.3 is 5.11 Å². The van der Waals surface area contributed by atoms with Gasteiger partial charge in [0, 0.05) is 4.53 Å². The van der Waals surface area contributed by atoms with E-state index in [9.17, 15) is 8.92 Å². The fraction of sp³-hybridized carbons (Fsp3) is 0. The summed E-state index contributed by atoms with van der Waals surface area (Å²) < 4.78 is 23.7. The molecule has 1 rings (SSSR count). The van der Waals surface area contributed by atoms with Crippen LogP contribution in [0.1, 0.15) is 0 Å². The first kappa shape index (κ1) is 6.80. The number of hydrogen-bond donors (Lipinski definition) is 1. The van der Waals surface area contributed by atoms with E-state index < -0.39 is 17.3 Å². The van der Waals surface area contributed by atoms with E-state index in [-0.39, 0.29) is 0 Å². The van der Waals surface area contributed by atoms with E-state index in [2.05, 4.69) is 4.94 Å². The molecule has 0 fully saturated rings. The van der Waals surface area contributed by atoms with E-state index in [1.165, 1.54) is 6.07 Å². The van der Waals surface area contributed by atoms with Crippen molar-refractivity contribution >= 4 is 0 Å². The summed E-state index contributed by atoms with van der Waals surface area (Å²) >= 11 is 0. The van der Waals surface area contributed by atoms with E-state index >= 15 is 0 Å². The molecule has 0 aromatic heterocycles. The molecule has 0 saturated heterocycles. The molecule has 0 radical (unpaired) electrons. The molecular formula is C6H4F2O2. The third-order valence-electron chi connectivity index (χ3n) is 1.03. The molecule has 0 aliphatic rings. The number of aromatic hydroxyl groups is 1. The quantitative estimate of drug-likeness (QED) is 0.654. The lowest BCUT2D eigenvalue weighted by molar-refractivity contribution is -0.0111. The summed E-state index contributed by atoms with van der Waals surface area (Å²) in [4.78, 5) is 3.09. The van der Waals surface area contributed by atoms with Gasteiger partial charge >= 0.3 is 0 Å². The first-order valence-corrected chi connectivity index (χ1v) is 2.52. The van der Waals surface area contributed by atoms with Gasteiger partial charge in [0.05, 0.1) is 0 Å². The van der Waals surface area contributed by atoms with Gasteiger partial charge in [-0.3, -0.25) is 4.94 Å². The molecule has 1 N–H and O–H groups in total. The molecule has 0 amide bonds. The van der Waals surface area contributed by atoms with E-state index in [0.29, 0.717) is 0 Å². The fourth-order valence-corrected chi connectivity index (χ4v) is 0.559. The summed E-state index contributed by atoms with van der Waals surface area (Å²) in [5, 5.41) is 8.61. The summed E-state index contributed by atoms with van der Waals surface area (Å²) in [6.07, 6.45) is 0. The number of hydrogen-bond acceptors (Lipinski definition) is 2. The maximum atomic E-state index is 12.4. The van der Waals surface area contributed by atoms with Crippen molar-refractivity contribution in [3.05, 3.63) is 24.0 Å². The van der Waals surface area contributed by atoms with Gasteiger partial charge in [-0.15, -0.1) is 0 Å². The Morgan fingerprint density at radius 3 is 2.60 bits per heavy atom. The number of benzene rings is 1. The first-order chi connectivity index (χ1) is 4.75. The van der Waals surface area contributed by atoms with Gasteiger partial charge in [0.15, 0.2) is 5.75 Å². The van der Waals surface area contributed by atoms with Crippen molar-refractivity contribution in [1.82, 2.24) is 0 Å². The van der Waals surface area contributed by atoms with Crippen LogP contribution in [0, 0.1) is 5.82 Å². The molecule has 0 atom stereocenters. The first-order valence-electron chi connectivity index (χ1n) is 2.52. The van der Waals surface area contributed by atoms with Crippen molar-refractivity contribution in [3.63, 3.8) is 0 Å². The van der Waals surface area contributed by atoms with Crippen molar-refractivity contribution in [2.24, 2.45) is 0 Å². The lowest BCUT2D eigenvalue weighted by atomic mass is 10.3. The van der Waals surface area contributed by atoms with Gasteiger partial charge in [-0.2, -0.15) is 4.39 Å². The van der Waals surface area contributed by atoms with Crippen molar-refractivity contribution < 1.29 is 19.0 Å². The average Bonchev–Trinajstić information content (AvgIpc) is 1.95. The topological polar surface area (TPSA) is 29.5 Å². The van der Waals surface area contributed by atoms with E-state index in [4.69, 9.17) is 5.11 Å². The van der Waals surface area contributed by atoms with E-state index in [1.807, 2.05) is 0 Å². The van der Waals surface area contributed by atoms with Crippen molar-refractivity contribution in [2.45, 2.75) is 0 Å². The zero-order valence-electron chi connectivity index (χ0n) is 4.84. The molecule has 54 valence electrons. The number of rotatable bonds is 1. The second-order valence-electron chi connectivity index (χ2n) is 1.67. The van der Waals surface area contributed by atoms with Crippen LogP contribution in [0.4, 0.5) is 8.92 Å². The Balaban J connectivity index is 3.14. The van der Waals surface area contributed by atoms with Gasteiger partial charge in [-0.25, -0.2) is 0 Å². The summed E-state index contributed by atoms with van der Waals surface area (Å²) in [7, 11) is 0. The summed E-state index contributed by atoms with van der Waals surface area (Å²) in [5.74, 6) is -2.33. The standard InChI is InChI=1S/C6H4F2O2/c7-6-4(9)2-1-3-5(6)10-8/h1-3,9H. The highest BCUT2D eigenvalue weighted by Crippen LogP contribution is 2.24. The highest BCUT2D eigenvalue weighted by molar-refractivity contribution is 5.33. The molecule has 0 unspecified atom stereocenters. The van der Waals surface area contributed by atoms with Crippen molar-refractivity contribution in [1.29, 1.82) is 0 Å². The zero-order chi connectivity index (χ0) is 7.56. The second-order valence-corrected chi connectivity index (χ2v) is 1.67. The average molecular weight is 146 g/mol. The molecule has 10 heavy (non-hydrogen) atoms. The Labute approximate surface area is 55.6 Å². The molecule has 0 aliphatic carbocycles. The van der Waals surface area contributed by atoms with Crippen LogP contribution < -0.4 is 4.94 Å². The number of halogens is 2. The van der Waals surface area contributed by atoms with Crippen LogP contribution >= 0.6 is 0 Å². The molecule has 1 aromatic carbocycles. The SMILES string of the molecule is Oc1cccc(OF)c1F. The van der Waals surface area contributed by atoms with Gasteiger partial charge in [0.1, 0.15) is 0 Å². The van der Waals surface area contributed by atoms with Crippen LogP contribution in [-0.2, 0) is 0 Å². The largest absolute Gasteiger partial charge is 0.505 e. The molecule has 0 spiro atoms. The lowest BCUT2D eigenvalue weighted by Crippen LogP contribution is -1.82. The monoisotopic (exact) mass is 146 g/mol. The minimum Gasteiger partial charge on any atom is -0.505 e. The van der Waals surface area contributed by atoms with Crippen LogP contribution in [0.3, 0.4) is 0 Å². The third-order valence-corrected chi connectivity index (χ3v) is 1.03. The minimum atomic E-state index is -1.09. The van der Waals surface area contributed by atoms with Crippen molar-refractivity contribution in [2.75, 3.05) is 0 Å². The molecular weight excluding hydrogens is 142 g/mol. The van der Waals surface area contributed by atoms with Gasteiger partial charge in [-0.05, 0) is 12.1 Å². The Morgan fingerprint density at radius 2 is 2.10 bits per heavy atom. The summed E-state index contributed by atoms with van der Waals surface area (Å²) in [6.45, 7) is 0. The third kappa shape index (κ3) is 1.00. The number of phenolic OH excluding ortho intramolecular Hbond substituents is 1. The Morgan fingerprint density at radius 1 is 1.40 bits per heavy atom. The fourth-order valence-electron chi connectivity index (χ4n) is 0.559. The Bertz CT molecular complexity index is 237. The van der Waals surface area contributed by atoms with Crippen LogP contribution in [0.5, 0.6) is 11.5 Å². The van der Waals surface area contributed by atoms with Crippen LogP contribution in [-0.4, -0.2) is 5.11 Å². The Hall–Kier alpha value is -1.32. The molecule has 0 aliphatic heterocycles. The Kier molecular flexibility index (Phi) is 1.71. The highest BCUT2D eigenvalue weighted by atomic mass is 19.3. The van der Waals surface area contributed by atoms with Crippen LogP contribution in [0.25, 0.3) is 0 Å². The van der Waals surface area contributed by atoms with E-state index in [1.54, 1.807) is 0 Å². The predicted molar refractivity (Wildman–Crippen MR) is 29.8 cm³/mol. The number of phenols is 1. The van der Waals surface area contributed by atoms with Crippen LogP contribution in [0.15, 0.2) is 18.2 Å². The summed E-state index contributed by atoms with van der Waals surface area (Å²) in [6, 6.07) is 3.43. The van der Waals surface area contributed by atoms with Crippen molar-refractivity contribution in [3.8, 4) is 11.5 Å². The zero-order valence-corrected chi connectivity index (χ0v) is 4.84. The van der Waals surface area contributed by atoms with Gasteiger partial charge in [0.25, 0.3) is 0 Å². The molecule has 2 nitrogen and oxygen atoms in total. The molecule has 0 saturated carbocycles. The predicted octanol–water partition coefficient (Wildman–Crippen LogP) is 1.79. The van der Waals surface area contributed by atoms with Crippen LogP contribution in [0.2, 0.25) is 0 Å². The molecule has 4 heteroatoms.